The summed E-state index contributed by atoms with van der Waals surface area (Å²) in [5.74, 6) is 5.67. The molecule has 2 rings (SSSR count). The van der Waals surface area contributed by atoms with Crippen LogP contribution in [0.3, 0.4) is 0 Å². The van der Waals surface area contributed by atoms with E-state index < -0.39 is 5.69 Å². The fourth-order valence-corrected chi connectivity index (χ4v) is 2.76. The molecule has 1 fully saturated rings. The molecule has 1 saturated carbocycles. The monoisotopic (exact) mass is 301 g/mol. The second-order valence-corrected chi connectivity index (χ2v) is 5.31. The molecule has 2 N–H and O–H groups in total. The highest BCUT2D eigenvalue weighted by Gasteiger charge is 2.22. The van der Waals surface area contributed by atoms with E-state index >= 15 is 0 Å². The first-order valence-corrected chi connectivity index (χ1v) is 6.62. The average molecular weight is 302 g/mol. The Morgan fingerprint density at radius 1 is 1.24 bits per heavy atom. The molecule has 1 aliphatic rings. The predicted molar refractivity (Wildman–Crippen MR) is 69.7 cm³/mol. The third kappa shape index (κ3) is 2.06. The second-order valence-electron chi connectivity index (χ2n) is 4.52. The van der Waals surface area contributed by atoms with E-state index in [4.69, 9.17) is 5.84 Å². The summed E-state index contributed by atoms with van der Waals surface area (Å²) in [5.41, 5.74) is -0.212. The predicted octanol–water partition coefficient (Wildman–Crippen LogP) is 1.30. The van der Waals surface area contributed by atoms with Gasteiger partial charge >= 0.3 is 5.69 Å². The van der Waals surface area contributed by atoms with Gasteiger partial charge in [0.15, 0.2) is 0 Å². The van der Waals surface area contributed by atoms with E-state index in [0.29, 0.717) is 10.2 Å². The lowest BCUT2D eigenvalue weighted by molar-refractivity contribution is 0.331. The summed E-state index contributed by atoms with van der Waals surface area (Å²) in [6.07, 6.45) is 5.06. The van der Waals surface area contributed by atoms with E-state index in [9.17, 15) is 9.59 Å². The fourth-order valence-electron chi connectivity index (χ4n) is 2.37. The summed E-state index contributed by atoms with van der Waals surface area (Å²) in [7, 11) is 0. The van der Waals surface area contributed by atoms with Crippen LogP contribution in [0.15, 0.2) is 14.1 Å². The summed E-state index contributed by atoms with van der Waals surface area (Å²) in [6.45, 7) is 1.65. The van der Waals surface area contributed by atoms with Crippen LogP contribution in [-0.2, 0) is 0 Å². The highest BCUT2D eigenvalue weighted by Crippen LogP contribution is 2.26. The number of aromatic nitrogens is 2. The van der Waals surface area contributed by atoms with Crippen LogP contribution in [0.2, 0.25) is 0 Å². The molecule has 1 aliphatic carbocycles. The molecule has 17 heavy (non-hydrogen) atoms. The molecule has 0 atom stereocenters. The van der Waals surface area contributed by atoms with E-state index in [1.807, 2.05) is 0 Å². The number of hydrogen-bond acceptors (Lipinski definition) is 3. The third-order valence-corrected chi connectivity index (χ3v) is 4.35. The van der Waals surface area contributed by atoms with Gasteiger partial charge in [-0.2, -0.15) is 0 Å². The van der Waals surface area contributed by atoms with E-state index in [-0.39, 0.29) is 11.6 Å². The van der Waals surface area contributed by atoms with Crippen molar-refractivity contribution >= 4 is 15.9 Å². The van der Waals surface area contributed by atoms with Crippen molar-refractivity contribution in [3.63, 3.8) is 0 Å². The molecule has 0 unspecified atom stereocenters. The lowest BCUT2D eigenvalue weighted by Gasteiger charge is -2.24. The highest BCUT2D eigenvalue weighted by molar-refractivity contribution is 9.10. The van der Waals surface area contributed by atoms with E-state index in [0.717, 1.165) is 30.4 Å². The van der Waals surface area contributed by atoms with Gasteiger partial charge in [0.05, 0.1) is 5.69 Å². The molecule has 0 bridgehead atoms. The highest BCUT2D eigenvalue weighted by atomic mass is 79.9. The topological polar surface area (TPSA) is 70.0 Å². The molecular formula is C11H16BrN3O2. The maximum absolute atomic E-state index is 12.1. The van der Waals surface area contributed by atoms with Crippen molar-refractivity contribution in [2.75, 3.05) is 5.84 Å². The Balaban J connectivity index is 2.61. The summed E-state index contributed by atoms with van der Waals surface area (Å²) < 4.78 is 2.72. The Morgan fingerprint density at radius 3 is 2.41 bits per heavy atom. The van der Waals surface area contributed by atoms with Gasteiger partial charge in [-0.05, 0) is 35.7 Å². The Hall–Kier alpha value is -1.04. The van der Waals surface area contributed by atoms with Crippen molar-refractivity contribution in [3.8, 4) is 0 Å². The molecule has 1 heterocycles. The van der Waals surface area contributed by atoms with Gasteiger partial charge in [-0.15, -0.1) is 0 Å². The van der Waals surface area contributed by atoms with Gasteiger partial charge < -0.3 is 5.84 Å². The first-order valence-electron chi connectivity index (χ1n) is 5.82. The van der Waals surface area contributed by atoms with E-state index in [1.165, 1.54) is 11.0 Å². The molecular weight excluding hydrogens is 286 g/mol. The lowest BCUT2D eigenvalue weighted by atomic mass is 9.95. The smallest absolute Gasteiger partial charge is 0.335 e. The fraction of sp³-hybridized carbons (Fsp3) is 0.636. The van der Waals surface area contributed by atoms with Gasteiger partial charge in [-0.25, -0.2) is 9.47 Å². The first-order chi connectivity index (χ1) is 8.04. The average Bonchev–Trinajstić information content (AvgIpc) is 2.36. The molecule has 0 aliphatic heterocycles. The van der Waals surface area contributed by atoms with Crippen molar-refractivity contribution in [3.05, 3.63) is 31.0 Å². The molecule has 0 spiro atoms. The summed E-state index contributed by atoms with van der Waals surface area (Å²) in [4.78, 5) is 24.2. The van der Waals surface area contributed by atoms with E-state index in [2.05, 4.69) is 15.9 Å². The molecule has 6 heteroatoms. The van der Waals surface area contributed by atoms with Gasteiger partial charge in [0.2, 0.25) is 0 Å². The van der Waals surface area contributed by atoms with Crippen LogP contribution in [0.5, 0.6) is 0 Å². The minimum atomic E-state index is -0.414. The Morgan fingerprint density at radius 2 is 1.82 bits per heavy atom. The van der Waals surface area contributed by atoms with Crippen molar-refractivity contribution in [2.24, 2.45) is 0 Å². The molecule has 5 nitrogen and oxygen atoms in total. The van der Waals surface area contributed by atoms with Crippen molar-refractivity contribution in [1.29, 1.82) is 0 Å². The normalized spacial score (nSPS) is 17.3. The van der Waals surface area contributed by atoms with Crippen LogP contribution in [0, 0.1) is 6.92 Å². The van der Waals surface area contributed by atoms with Crippen LogP contribution in [0.1, 0.15) is 43.8 Å². The Bertz CT molecular complexity index is 504. The molecule has 0 saturated heterocycles. The standard InChI is InChI=1S/C11H16BrN3O2/c1-7-9(12)10(16)14(11(17)15(7)13)8-5-3-2-4-6-8/h8H,2-6,13H2,1H3. The van der Waals surface area contributed by atoms with Crippen molar-refractivity contribution < 1.29 is 0 Å². The van der Waals surface area contributed by atoms with Crippen LogP contribution >= 0.6 is 15.9 Å². The maximum atomic E-state index is 12.1. The molecule has 1 aromatic heterocycles. The minimum absolute atomic E-state index is 0.00421. The quantitative estimate of drug-likeness (QED) is 0.795. The van der Waals surface area contributed by atoms with Gasteiger partial charge in [0.25, 0.3) is 5.56 Å². The summed E-state index contributed by atoms with van der Waals surface area (Å²) in [6, 6.07) is -0.00421. The third-order valence-electron chi connectivity index (χ3n) is 3.44. The largest absolute Gasteiger partial charge is 0.349 e. The van der Waals surface area contributed by atoms with Crippen LogP contribution < -0.4 is 17.1 Å². The van der Waals surface area contributed by atoms with Gasteiger partial charge in [0, 0.05) is 6.04 Å². The van der Waals surface area contributed by atoms with Crippen LogP contribution in [0.25, 0.3) is 0 Å². The van der Waals surface area contributed by atoms with E-state index in [1.54, 1.807) is 6.92 Å². The van der Waals surface area contributed by atoms with Crippen molar-refractivity contribution in [1.82, 2.24) is 9.24 Å². The zero-order valence-electron chi connectivity index (χ0n) is 9.78. The molecule has 0 aromatic carbocycles. The Labute approximate surface area is 107 Å². The zero-order chi connectivity index (χ0) is 12.6. The minimum Gasteiger partial charge on any atom is -0.335 e. The Kier molecular flexibility index (Phi) is 3.42. The van der Waals surface area contributed by atoms with Crippen LogP contribution in [0.4, 0.5) is 0 Å². The number of halogens is 1. The maximum Gasteiger partial charge on any atom is 0.349 e. The van der Waals surface area contributed by atoms with Crippen LogP contribution in [-0.4, -0.2) is 9.24 Å². The molecule has 0 radical (unpaired) electrons. The molecule has 94 valence electrons. The first kappa shape index (κ1) is 12.4. The van der Waals surface area contributed by atoms with Crippen molar-refractivity contribution in [2.45, 2.75) is 45.1 Å². The summed E-state index contributed by atoms with van der Waals surface area (Å²) >= 11 is 3.21. The summed E-state index contributed by atoms with van der Waals surface area (Å²) in [5, 5.41) is 0. The van der Waals surface area contributed by atoms with Gasteiger partial charge in [-0.1, -0.05) is 19.3 Å². The second kappa shape index (κ2) is 4.68. The number of nitrogens with zero attached hydrogens (tertiary/aromatic N) is 2. The number of hydrogen-bond donors (Lipinski definition) is 1. The molecule has 0 amide bonds. The molecule has 1 aromatic rings. The SMILES string of the molecule is Cc1c(Br)c(=O)n(C2CCCCC2)c(=O)n1N. The van der Waals surface area contributed by atoms with Gasteiger partial charge in [0.1, 0.15) is 4.47 Å². The lowest BCUT2D eigenvalue weighted by Crippen LogP contribution is -2.46. The number of rotatable bonds is 1. The van der Waals surface area contributed by atoms with Gasteiger partial charge in [-0.3, -0.25) is 9.36 Å². The zero-order valence-corrected chi connectivity index (χ0v) is 11.4. The number of nitrogens with two attached hydrogens (primary N) is 1. The number of nitrogen functional groups attached to an aromatic ring is 1.